The Bertz CT molecular complexity index is 1050. The molecule has 0 N–H and O–H groups in total. The van der Waals surface area contributed by atoms with Gasteiger partial charge < -0.3 is 0 Å². The van der Waals surface area contributed by atoms with Crippen LogP contribution >= 0.6 is 0 Å². The van der Waals surface area contributed by atoms with E-state index in [9.17, 15) is 13.2 Å². The summed E-state index contributed by atoms with van der Waals surface area (Å²) in [5.74, 6) is 0.211. The lowest BCUT2D eigenvalue weighted by Gasteiger charge is -2.10. The summed E-state index contributed by atoms with van der Waals surface area (Å²) in [7, 11) is -3.02. The summed E-state index contributed by atoms with van der Waals surface area (Å²) in [4.78, 5) is 17.0. The van der Waals surface area contributed by atoms with Crippen molar-refractivity contribution in [3.63, 3.8) is 0 Å². The smallest absolute Gasteiger partial charge is 0.264 e. The van der Waals surface area contributed by atoms with Crippen molar-refractivity contribution in [2.75, 3.05) is 11.5 Å². The van der Waals surface area contributed by atoms with Crippen molar-refractivity contribution < 1.29 is 8.42 Å². The average Bonchev–Trinajstić information content (AvgIpc) is 3.14. The summed E-state index contributed by atoms with van der Waals surface area (Å²) in [6.07, 6.45) is 3.49. The van der Waals surface area contributed by atoms with Gasteiger partial charge in [0.1, 0.15) is 11.7 Å². The van der Waals surface area contributed by atoms with Crippen LogP contribution in [0.25, 0.3) is 11.0 Å². The maximum atomic E-state index is 12.6. The van der Waals surface area contributed by atoms with Crippen molar-refractivity contribution in [1.82, 2.24) is 19.3 Å². The van der Waals surface area contributed by atoms with Crippen LogP contribution in [0.1, 0.15) is 18.0 Å². The monoisotopic (exact) mass is 344 g/mol. The van der Waals surface area contributed by atoms with Crippen molar-refractivity contribution in [2.24, 2.45) is 0 Å². The highest BCUT2D eigenvalue weighted by Crippen LogP contribution is 2.25. The summed E-state index contributed by atoms with van der Waals surface area (Å²) in [5, 5.41) is 4.64. The molecular weight excluding hydrogens is 328 g/mol. The van der Waals surface area contributed by atoms with Crippen LogP contribution in [0.4, 0.5) is 0 Å². The number of nitrogens with zero attached hydrogens (tertiary/aromatic N) is 4. The number of hydrogen-bond acceptors (Lipinski definition) is 5. The molecule has 0 saturated carbocycles. The molecule has 1 atom stereocenters. The molecule has 0 spiro atoms. The summed E-state index contributed by atoms with van der Waals surface area (Å²) < 4.78 is 26.5. The van der Waals surface area contributed by atoms with Crippen LogP contribution in [0.15, 0.2) is 47.7 Å². The zero-order valence-electron chi connectivity index (χ0n) is 12.9. The fourth-order valence-electron chi connectivity index (χ4n) is 3.10. The van der Waals surface area contributed by atoms with Gasteiger partial charge in [-0.05, 0) is 12.0 Å². The van der Waals surface area contributed by atoms with Gasteiger partial charge in [0.25, 0.3) is 5.56 Å². The lowest BCUT2D eigenvalue weighted by molar-refractivity contribution is 0.511. The molecule has 1 fully saturated rings. The van der Waals surface area contributed by atoms with Gasteiger partial charge in [0.15, 0.2) is 15.5 Å². The van der Waals surface area contributed by atoms with Crippen molar-refractivity contribution >= 4 is 20.9 Å². The molecule has 8 heteroatoms. The molecule has 1 saturated heterocycles. The third-order valence-corrected chi connectivity index (χ3v) is 6.08. The Labute approximate surface area is 138 Å². The molecule has 7 nitrogen and oxygen atoms in total. The Kier molecular flexibility index (Phi) is 3.49. The largest absolute Gasteiger partial charge is 0.294 e. The molecule has 0 bridgehead atoms. The number of aromatic nitrogens is 4. The quantitative estimate of drug-likeness (QED) is 0.707. The Morgan fingerprint density at radius 3 is 2.71 bits per heavy atom. The summed E-state index contributed by atoms with van der Waals surface area (Å²) in [5.41, 5.74) is 1.29. The minimum Gasteiger partial charge on any atom is -0.294 e. The topological polar surface area (TPSA) is 86.8 Å². The average molecular weight is 344 g/mol. The van der Waals surface area contributed by atoms with Crippen molar-refractivity contribution in [2.45, 2.75) is 19.0 Å². The van der Waals surface area contributed by atoms with Crippen molar-refractivity contribution in [3.8, 4) is 0 Å². The minimum atomic E-state index is -3.02. The Hall–Kier alpha value is -2.48. The van der Waals surface area contributed by atoms with Crippen LogP contribution in [0.2, 0.25) is 0 Å². The second-order valence-corrected chi connectivity index (χ2v) is 8.28. The second kappa shape index (κ2) is 5.55. The summed E-state index contributed by atoms with van der Waals surface area (Å²) in [6, 6.07) is 9.42. The Morgan fingerprint density at radius 1 is 1.21 bits per heavy atom. The SMILES string of the molecule is O=c1c2cnn([C@@H]3CCS(=O)(=O)C3)c2ncn1Cc1ccccc1. The first kappa shape index (κ1) is 15.1. The van der Waals surface area contributed by atoms with E-state index in [4.69, 9.17) is 0 Å². The fourth-order valence-corrected chi connectivity index (χ4v) is 4.79. The molecule has 1 aliphatic heterocycles. The van der Waals surface area contributed by atoms with Crippen LogP contribution < -0.4 is 5.56 Å². The fraction of sp³-hybridized carbons (Fsp3) is 0.312. The van der Waals surface area contributed by atoms with Crippen LogP contribution in [0.3, 0.4) is 0 Å². The number of rotatable bonds is 3. The van der Waals surface area contributed by atoms with Gasteiger partial charge in [0, 0.05) is 0 Å². The van der Waals surface area contributed by atoms with E-state index >= 15 is 0 Å². The van der Waals surface area contributed by atoms with Gasteiger partial charge in [-0.1, -0.05) is 30.3 Å². The first-order valence-corrected chi connectivity index (χ1v) is 9.53. The normalized spacial score (nSPS) is 19.8. The molecule has 0 aliphatic carbocycles. The molecule has 124 valence electrons. The van der Waals surface area contributed by atoms with E-state index in [0.29, 0.717) is 24.0 Å². The zero-order chi connectivity index (χ0) is 16.7. The van der Waals surface area contributed by atoms with E-state index in [2.05, 4.69) is 10.1 Å². The van der Waals surface area contributed by atoms with Crippen molar-refractivity contribution in [3.05, 3.63) is 58.8 Å². The van der Waals surface area contributed by atoms with Gasteiger partial charge >= 0.3 is 0 Å². The third-order valence-electron chi connectivity index (χ3n) is 4.33. The van der Waals surface area contributed by atoms with E-state index in [-0.39, 0.29) is 23.1 Å². The van der Waals surface area contributed by atoms with E-state index in [0.717, 1.165) is 5.56 Å². The molecule has 0 amide bonds. The molecule has 0 radical (unpaired) electrons. The summed E-state index contributed by atoms with van der Waals surface area (Å²) in [6.45, 7) is 0.436. The highest BCUT2D eigenvalue weighted by Gasteiger charge is 2.31. The van der Waals surface area contributed by atoms with Crippen LogP contribution in [-0.4, -0.2) is 39.3 Å². The van der Waals surface area contributed by atoms with E-state index in [1.807, 2.05) is 30.3 Å². The molecule has 1 aliphatic rings. The molecule has 0 unspecified atom stereocenters. The minimum absolute atomic E-state index is 0.0541. The predicted molar refractivity (Wildman–Crippen MR) is 89.6 cm³/mol. The molecule has 3 heterocycles. The first-order valence-electron chi connectivity index (χ1n) is 7.70. The molecule has 2 aromatic heterocycles. The van der Waals surface area contributed by atoms with Gasteiger partial charge in [-0.2, -0.15) is 5.10 Å². The third kappa shape index (κ3) is 2.62. The Morgan fingerprint density at radius 2 is 2.00 bits per heavy atom. The standard InChI is InChI=1S/C16H16N4O3S/c21-16-14-8-18-20(13-6-7-24(22,23)10-13)15(14)17-11-19(16)9-12-4-2-1-3-5-12/h1-5,8,11,13H,6-7,9-10H2/t13-/m1/s1. The molecule has 4 rings (SSSR count). The van der Waals surface area contributed by atoms with Crippen LogP contribution in [-0.2, 0) is 16.4 Å². The van der Waals surface area contributed by atoms with Gasteiger partial charge in [-0.25, -0.2) is 18.1 Å². The predicted octanol–water partition coefficient (Wildman–Crippen LogP) is 1.00. The van der Waals surface area contributed by atoms with E-state index in [1.165, 1.54) is 17.1 Å². The number of fused-ring (bicyclic) bond motifs is 1. The zero-order valence-corrected chi connectivity index (χ0v) is 13.7. The van der Waals surface area contributed by atoms with Crippen LogP contribution in [0.5, 0.6) is 0 Å². The maximum absolute atomic E-state index is 12.6. The summed E-state index contributed by atoms with van der Waals surface area (Å²) >= 11 is 0. The highest BCUT2D eigenvalue weighted by molar-refractivity contribution is 7.91. The van der Waals surface area contributed by atoms with Gasteiger partial charge in [0.2, 0.25) is 0 Å². The molecule has 3 aromatic rings. The lowest BCUT2D eigenvalue weighted by atomic mass is 10.2. The number of hydrogen-bond donors (Lipinski definition) is 0. The lowest BCUT2D eigenvalue weighted by Crippen LogP contribution is -2.21. The van der Waals surface area contributed by atoms with E-state index < -0.39 is 9.84 Å². The Balaban J connectivity index is 1.72. The van der Waals surface area contributed by atoms with Crippen LogP contribution in [0, 0.1) is 0 Å². The van der Waals surface area contributed by atoms with E-state index in [1.54, 1.807) is 4.68 Å². The first-order chi connectivity index (χ1) is 11.5. The number of sulfone groups is 1. The molecule has 1 aromatic carbocycles. The second-order valence-electron chi connectivity index (χ2n) is 6.05. The molecular formula is C16H16N4O3S. The van der Waals surface area contributed by atoms with Gasteiger partial charge in [0.05, 0.1) is 30.3 Å². The number of benzene rings is 1. The molecule has 24 heavy (non-hydrogen) atoms. The van der Waals surface area contributed by atoms with Crippen molar-refractivity contribution in [1.29, 1.82) is 0 Å². The highest BCUT2D eigenvalue weighted by atomic mass is 32.2. The maximum Gasteiger partial charge on any atom is 0.264 e. The van der Waals surface area contributed by atoms with Gasteiger partial charge in [-0.15, -0.1) is 0 Å². The van der Waals surface area contributed by atoms with Gasteiger partial charge in [-0.3, -0.25) is 9.36 Å².